The van der Waals surface area contributed by atoms with Crippen LogP contribution in [-0.2, 0) is 16.0 Å². The monoisotopic (exact) mass is 527 g/mol. The fourth-order valence-corrected chi connectivity index (χ4v) is 4.04. The molecule has 4 rings (SSSR count). The molecule has 0 fully saturated rings. The van der Waals surface area contributed by atoms with E-state index < -0.39 is 0 Å². The van der Waals surface area contributed by atoms with Crippen molar-refractivity contribution >= 4 is 54.9 Å². The molecule has 4 nitrogen and oxygen atoms in total. The van der Waals surface area contributed by atoms with Gasteiger partial charge in [-0.25, -0.2) is 4.79 Å². The Morgan fingerprint density at radius 3 is 2.13 bits per heavy atom. The highest BCUT2D eigenvalue weighted by molar-refractivity contribution is 9.10. The molecule has 6 heteroatoms. The molecular weight excluding hydrogens is 510 g/mol. The summed E-state index contributed by atoms with van der Waals surface area (Å²) in [5, 5.41) is 0. The molecule has 3 aromatic carbocycles. The molecule has 30 heavy (non-hydrogen) atoms. The minimum Gasteiger partial charge on any atom is -0.463 e. The van der Waals surface area contributed by atoms with Crippen LogP contribution in [0.2, 0.25) is 0 Å². The van der Waals surface area contributed by atoms with Crippen LogP contribution in [0.4, 0.5) is 17.1 Å². The van der Waals surface area contributed by atoms with Crippen LogP contribution in [0, 0.1) is 0 Å². The van der Waals surface area contributed by atoms with Crippen LogP contribution in [0.15, 0.2) is 82.3 Å². The molecule has 0 aliphatic carbocycles. The first-order valence-electron chi connectivity index (χ1n) is 9.50. The van der Waals surface area contributed by atoms with Crippen LogP contribution in [-0.4, -0.2) is 12.6 Å². The molecule has 0 radical (unpaired) electrons. The zero-order chi connectivity index (χ0) is 21.1. The number of nitrogens with zero attached hydrogens (tertiary/aromatic N) is 1. The largest absolute Gasteiger partial charge is 0.463 e. The lowest BCUT2D eigenvalue weighted by Crippen LogP contribution is -2.15. The van der Waals surface area contributed by atoms with Crippen molar-refractivity contribution in [2.45, 2.75) is 12.8 Å². The Kier molecular flexibility index (Phi) is 6.25. The van der Waals surface area contributed by atoms with Gasteiger partial charge in [0.05, 0.1) is 18.0 Å². The predicted octanol–water partition coefficient (Wildman–Crippen LogP) is 7.45. The Morgan fingerprint density at radius 2 is 1.57 bits per heavy atom. The van der Waals surface area contributed by atoms with Gasteiger partial charge >= 0.3 is 5.97 Å². The average molecular weight is 529 g/mol. The van der Waals surface area contributed by atoms with Crippen molar-refractivity contribution in [3.05, 3.63) is 87.8 Å². The zero-order valence-corrected chi connectivity index (χ0v) is 19.3. The lowest BCUT2D eigenvalue weighted by atomic mass is 10.1. The summed E-state index contributed by atoms with van der Waals surface area (Å²) >= 11 is 7.06. The Morgan fingerprint density at radius 1 is 0.967 bits per heavy atom. The van der Waals surface area contributed by atoms with Crippen molar-refractivity contribution < 1.29 is 14.3 Å². The summed E-state index contributed by atoms with van der Waals surface area (Å²) in [7, 11) is 0. The van der Waals surface area contributed by atoms with Crippen LogP contribution in [0.5, 0.6) is 11.5 Å². The number of fused-ring (bicyclic) bond motifs is 2. The van der Waals surface area contributed by atoms with Crippen molar-refractivity contribution in [1.82, 2.24) is 0 Å². The van der Waals surface area contributed by atoms with Gasteiger partial charge in [0.2, 0.25) is 0 Å². The number of esters is 1. The summed E-state index contributed by atoms with van der Waals surface area (Å²) in [6.45, 7) is 3.79. The number of carbonyl (C=O) groups is 1. The molecule has 3 aromatic rings. The van der Waals surface area contributed by atoms with Gasteiger partial charge in [-0.1, -0.05) is 50.6 Å². The van der Waals surface area contributed by atoms with Gasteiger partial charge in [-0.15, -0.1) is 0 Å². The molecule has 0 amide bonds. The van der Waals surface area contributed by atoms with E-state index in [0.29, 0.717) is 6.61 Å². The van der Waals surface area contributed by atoms with Crippen molar-refractivity contribution in [2.24, 2.45) is 0 Å². The third kappa shape index (κ3) is 4.45. The number of hydrogen-bond acceptors (Lipinski definition) is 4. The second-order valence-electron chi connectivity index (χ2n) is 6.80. The number of carbonyl (C=O) groups excluding carboxylic acids is 1. The summed E-state index contributed by atoms with van der Waals surface area (Å²) in [5.41, 5.74) is 4.20. The summed E-state index contributed by atoms with van der Waals surface area (Å²) in [4.78, 5) is 13.3. The van der Waals surface area contributed by atoms with E-state index in [4.69, 9.17) is 9.47 Å². The number of halogens is 2. The minimum atomic E-state index is -0.381. The number of benzene rings is 3. The van der Waals surface area contributed by atoms with Crippen molar-refractivity contribution in [2.75, 3.05) is 11.5 Å². The zero-order valence-electron chi connectivity index (χ0n) is 16.1. The highest BCUT2D eigenvalue weighted by Crippen LogP contribution is 2.51. The average Bonchev–Trinajstić information content (AvgIpc) is 2.75. The van der Waals surface area contributed by atoms with Crippen LogP contribution in [0.3, 0.4) is 0 Å². The van der Waals surface area contributed by atoms with Gasteiger partial charge in [0.15, 0.2) is 11.5 Å². The summed E-state index contributed by atoms with van der Waals surface area (Å²) in [6.07, 6.45) is 2.79. The Labute approximate surface area is 192 Å². The first-order valence-corrected chi connectivity index (χ1v) is 11.1. The van der Waals surface area contributed by atoms with E-state index in [0.717, 1.165) is 50.3 Å². The van der Waals surface area contributed by atoms with Gasteiger partial charge in [0, 0.05) is 20.7 Å². The maximum absolute atomic E-state index is 11.1. The Hall–Kier alpha value is -2.57. The van der Waals surface area contributed by atoms with Gasteiger partial charge in [0.25, 0.3) is 0 Å². The maximum Gasteiger partial charge on any atom is 0.330 e. The summed E-state index contributed by atoms with van der Waals surface area (Å²) in [5.74, 6) is 1.21. The van der Waals surface area contributed by atoms with Crippen LogP contribution in [0.1, 0.15) is 12.0 Å². The molecular formula is C24H19Br2NO3. The van der Waals surface area contributed by atoms with Crippen LogP contribution >= 0.6 is 31.9 Å². The Balaban J connectivity index is 1.59. The van der Waals surface area contributed by atoms with Gasteiger partial charge in [-0.2, -0.15) is 0 Å². The van der Waals surface area contributed by atoms with Gasteiger partial charge in [-0.3, -0.25) is 0 Å². The fraction of sp³-hybridized carbons (Fsp3) is 0.125. The van der Waals surface area contributed by atoms with E-state index in [1.807, 2.05) is 36.4 Å². The van der Waals surface area contributed by atoms with Crippen LogP contribution in [0.25, 0.3) is 0 Å². The minimum absolute atomic E-state index is 0.381. The topological polar surface area (TPSA) is 38.8 Å². The summed E-state index contributed by atoms with van der Waals surface area (Å²) in [6, 6.07) is 20.5. The van der Waals surface area contributed by atoms with E-state index in [1.165, 1.54) is 11.6 Å². The quantitative estimate of drug-likeness (QED) is 0.148. The highest BCUT2D eigenvalue weighted by atomic mass is 79.9. The van der Waals surface area contributed by atoms with E-state index in [1.54, 1.807) is 0 Å². The molecule has 152 valence electrons. The van der Waals surface area contributed by atoms with Gasteiger partial charge < -0.3 is 14.4 Å². The molecule has 0 unspecified atom stereocenters. The number of rotatable bonds is 6. The number of aryl methyl sites for hydroxylation is 1. The molecule has 1 aliphatic rings. The third-order valence-corrected chi connectivity index (χ3v) is 5.75. The number of anilines is 3. The molecule has 1 aliphatic heterocycles. The van der Waals surface area contributed by atoms with Crippen molar-refractivity contribution in [3.8, 4) is 11.5 Å². The Bertz CT molecular complexity index is 1040. The lowest BCUT2D eigenvalue weighted by molar-refractivity contribution is -0.137. The number of hydrogen-bond donors (Lipinski definition) is 0. The van der Waals surface area contributed by atoms with Crippen molar-refractivity contribution in [3.63, 3.8) is 0 Å². The van der Waals surface area contributed by atoms with E-state index in [2.05, 4.69) is 67.6 Å². The maximum atomic E-state index is 11.1. The summed E-state index contributed by atoms with van der Waals surface area (Å²) < 4.78 is 13.1. The molecule has 0 spiro atoms. The molecule has 0 bridgehead atoms. The van der Waals surface area contributed by atoms with E-state index in [9.17, 15) is 4.79 Å². The van der Waals surface area contributed by atoms with Gasteiger partial charge in [-0.05, 0) is 66.9 Å². The molecule has 0 N–H and O–H groups in total. The van der Waals surface area contributed by atoms with Crippen molar-refractivity contribution in [1.29, 1.82) is 0 Å². The van der Waals surface area contributed by atoms with Gasteiger partial charge in [0.1, 0.15) is 0 Å². The second-order valence-corrected chi connectivity index (χ2v) is 8.63. The first-order chi connectivity index (χ1) is 14.5. The standard InChI is InChI=1S/C24H19Br2NO3/c1-2-24(28)29-13-3-4-16-5-9-19(10-6-16)27-20-11-7-17(25)14-22(20)30-23-15-18(26)8-12-21(23)27/h2,5-12,14-15H,1,3-4,13H2. The number of ether oxygens (including phenoxy) is 2. The van der Waals surface area contributed by atoms with Crippen LogP contribution < -0.4 is 9.64 Å². The highest BCUT2D eigenvalue weighted by Gasteiger charge is 2.26. The fourth-order valence-electron chi connectivity index (χ4n) is 3.35. The SMILES string of the molecule is C=CC(=O)OCCCc1ccc(N2c3ccc(Br)cc3Oc3cc(Br)ccc32)cc1. The normalized spacial score (nSPS) is 11.9. The molecule has 0 saturated carbocycles. The smallest absolute Gasteiger partial charge is 0.330 e. The first kappa shape index (κ1) is 20.7. The molecule has 0 saturated heterocycles. The molecule has 0 atom stereocenters. The second kappa shape index (κ2) is 9.06. The van der Waals surface area contributed by atoms with E-state index in [-0.39, 0.29) is 5.97 Å². The lowest BCUT2D eigenvalue weighted by Gasteiger charge is -2.33. The molecule has 0 aromatic heterocycles. The molecule has 1 heterocycles. The third-order valence-electron chi connectivity index (χ3n) is 4.76. The van der Waals surface area contributed by atoms with E-state index >= 15 is 0 Å². The predicted molar refractivity (Wildman–Crippen MR) is 126 cm³/mol.